The average molecular weight is 210 g/mol. The van der Waals surface area contributed by atoms with Crippen LogP contribution in [-0.2, 0) is 6.54 Å². The summed E-state index contributed by atoms with van der Waals surface area (Å²) in [4.78, 5) is 9.81. The monoisotopic (exact) mass is 210 g/mol. The number of thiazole rings is 1. The molecule has 14 heavy (non-hydrogen) atoms. The number of aliphatic imine (C=N–C) groups is 1. The molecule has 5 heteroatoms. The van der Waals surface area contributed by atoms with E-state index in [1.165, 1.54) is 4.88 Å². The van der Waals surface area contributed by atoms with E-state index >= 15 is 0 Å². The number of nitrogens with one attached hydrogen (secondary N) is 2. The normalized spacial score (nSPS) is 15.9. The standard InChI is InChI=1S/C9H14N4S/c1-7-8(14-6-13-7)5-12-9-10-3-2-4-11-9/h6H,2-5H2,1H3,(H2,10,11,12). The summed E-state index contributed by atoms with van der Waals surface area (Å²) in [7, 11) is 0. The third kappa shape index (κ3) is 2.23. The van der Waals surface area contributed by atoms with Crippen molar-refractivity contribution >= 4 is 17.3 Å². The van der Waals surface area contributed by atoms with Gasteiger partial charge < -0.3 is 10.6 Å². The lowest BCUT2D eigenvalue weighted by atomic mass is 10.4. The van der Waals surface area contributed by atoms with Crippen LogP contribution in [0, 0.1) is 6.92 Å². The largest absolute Gasteiger partial charge is 0.356 e. The molecule has 0 fully saturated rings. The topological polar surface area (TPSA) is 49.3 Å². The first-order chi connectivity index (χ1) is 6.86. The molecule has 0 amide bonds. The molecule has 2 rings (SSSR count). The molecule has 0 bridgehead atoms. The van der Waals surface area contributed by atoms with Crippen LogP contribution in [0.2, 0.25) is 0 Å². The molecule has 1 aromatic rings. The van der Waals surface area contributed by atoms with Crippen molar-refractivity contribution in [2.24, 2.45) is 4.99 Å². The molecule has 0 unspecified atom stereocenters. The van der Waals surface area contributed by atoms with E-state index in [0.717, 1.165) is 37.7 Å². The highest BCUT2D eigenvalue weighted by molar-refractivity contribution is 7.09. The van der Waals surface area contributed by atoms with Crippen molar-refractivity contribution in [3.05, 3.63) is 16.1 Å². The van der Waals surface area contributed by atoms with Crippen LogP contribution < -0.4 is 10.6 Å². The summed E-state index contributed by atoms with van der Waals surface area (Å²) in [6.45, 7) is 4.80. The van der Waals surface area contributed by atoms with E-state index in [2.05, 4.69) is 20.6 Å². The fraction of sp³-hybridized carbons (Fsp3) is 0.556. The molecule has 1 aliphatic heterocycles. The lowest BCUT2D eigenvalue weighted by Gasteiger charge is -2.15. The van der Waals surface area contributed by atoms with Crippen molar-refractivity contribution in [3.63, 3.8) is 0 Å². The Morgan fingerprint density at radius 3 is 3.21 bits per heavy atom. The molecule has 0 spiro atoms. The summed E-state index contributed by atoms with van der Waals surface area (Å²) in [6.07, 6.45) is 1.13. The second-order valence-electron chi connectivity index (χ2n) is 3.23. The molecule has 76 valence electrons. The minimum Gasteiger partial charge on any atom is -0.356 e. The molecule has 0 radical (unpaired) electrons. The Labute approximate surface area is 87.5 Å². The third-order valence-electron chi connectivity index (χ3n) is 2.16. The zero-order valence-corrected chi connectivity index (χ0v) is 9.02. The van der Waals surface area contributed by atoms with Crippen LogP contribution in [0.4, 0.5) is 0 Å². The van der Waals surface area contributed by atoms with Gasteiger partial charge in [0, 0.05) is 18.0 Å². The van der Waals surface area contributed by atoms with Gasteiger partial charge in [-0.25, -0.2) is 4.98 Å². The van der Waals surface area contributed by atoms with Crippen LogP contribution >= 0.6 is 11.3 Å². The maximum Gasteiger partial charge on any atom is 0.191 e. The number of hydrogen-bond acceptors (Lipinski definition) is 5. The minimum absolute atomic E-state index is 0.822. The first-order valence-electron chi connectivity index (χ1n) is 4.77. The second kappa shape index (κ2) is 4.41. The van der Waals surface area contributed by atoms with E-state index in [0.29, 0.717) is 0 Å². The van der Waals surface area contributed by atoms with E-state index in [4.69, 9.17) is 0 Å². The van der Waals surface area contributed by atoms with Gasteiger partial charge in [0.05, 0.1) is 17.7 Å². The lowest BCUT2D eigenvalue weighted by Crippen LogP contribution is -2.40. The van der Waals surface area contributed by atoms with Crippen LogP contribution in [-0.4, -0.2) is 24.0 Å². The Balaban J connectivity index is 1.88. The van der Waals surface area contributed by atoms with Crippen molar-refractivity contribution in [2.75, 3.05) is 13.1 Å². The minimum atomic E-state index is 0.822. The second-order valence-corrected chi connectivity index (χ2v) is 4.16. The molecule has 0 atom stereocenters. The number of rotatable bonds is 2. The molecule has 0 aliphatic carbocycles. The molecule has 4 nitrogen and oxygen atoms in total. The molecule has 0 saturated carbocycles. The van der Waals surface area contributed by atoms with Crippen molar-refractivity contribution in [2.45, 2.75) is 19.9 Å². The number of hydrogen-bond donors (Lipinski definition) is 2. The summed E-state index contributed by atoms with van der Waals surface area (Å²) < 4.78 is 0. The first-order valence-corrected chi connectivity index (χ1v) is 5.65. The summed E-state index contributed by atoms with van der Waals surface area (Å²) in [6, 6.07) is 0. The van der Waals surface area contributed by atoms with Gasteiger partial charge in [-0.15, -0.1) is 11.3 Å². The lowest BCUT2D eigenvalue weighted by molar-refractivity contribution is 0.703. The molecule has 0 aromatic carbocycles. The van der Waals surface area contributed by atoms with Gasteiger partial charge in [0.1, 0.15) is 0 Å². The van der Waals surface area contributed by atoms with Crippen LogP contribution in [0.3, 0.4) is 0 Å². The van der Waals surface area contributed by atoms with Crippen LogP contribution in [0.1, 0.15) is 17.0 Å². The van der Waals surface area contributed by atoms with Crippen LogP contribution in [0.5, 0.6) is 0 Å². The molecule has 2 N–H and O–H groups in total. The molecule has 2 heterocycles. The van der Waals surface area contributed by atoms with Gasteiger partial charge in [0.25, 0.3) is 0 Å². The van der Waals surface area contributed by atoms with Gasteiger partial charge >= 0.3 is 0 Å². The fourth-order valence-electron chi connectivity index (χ4n) is 1.31. The average Bonchev–Trinajstić information content (AvgIpc) is 2.63. The zero-order chi connectivity index (χ0) is 9.80. The summed E-state index contributed by atoms with van der Waals surface area (Å²) in [5.41, 5.74) is 2.99. The van der Waals surface area contributed by atoms with E-state index < -0.39 is 0 Å². The first kappa shape index (κ1) is 9.45. The number of aromatic nitrogens is 1. The van der Waals surface area contributed by atoms with Crippen molar-refractivity contribution in [1.29, 1.82) is 0 Å². The van der Waals surface area contributed by atoms with E-state index in [9.17, 15) is 0 Å². The third-order valence-corrected chi connectivity index (χ3v) is 3.09. The summed E-state index contributed by atoms with van der Waals surface area (Å²) >= 11 is 1.68. The van der Waals surface area contributed by atoms with Gasteiger partial charge in [-0.05, 0) is 13.3 Å². The van der Waals surface area contributed by atoms with E-state index in [1.54, 1.807) is 11.3 Å². The van der Waals surface area contributed by atoms with Crippen molar-refractivity contribution in [3.8, 4) is 0 Å². The highest BCUT2D eigenvalue weighted by Crippen LogP contribution is 2.10. The predicted molar refractivity (Wildman–Crippen MR) is 58.6 cm³/mol. The fourth-order valence-corrected chi connectivity index (χ4v) is 2.03. The van der Waals surface area contributed by atoms with Crippen LogP contribution in [0.25, 0.3) is 0 Å². The summed E-state index contributed by atoms with van der Waals surface area (Å²) in [5.74, 6) is 0.920. The van der Waals surface area contributed by atoms with Crippen molar-refractivity contribution < 1.29 is 0 Å². The molecular formula is C9H14N4S. The van der Waals surface area contributed by atoms with E-state index in [-0.39, 0.29) is 0 Å². The number of aryl methyl sites for hydroxylation is 1. The van der Waals surface area contributed by atoms with E-state index in [1.807, 2.05) is 12.4 Å². The van der Waals surface area contributed by atoms with Gasteiger partial charge in [-0.3, -0.25) is 4.99 Å². The smallest absolute Gasteiger partial charge is 0.191 e. The quantitative estimate of drug-likeness (QED) is 0.762. The summed E-state index contributed by atoms with van der Waals surface area (Å²) in [5, 5.41) is 6.50. The Morgan fingerprint density at radius 1 is 1.64 bits per heavy atom. The zero-order valence-electron chi connectivity index (χ0n) is 8.21. The Kier molecular flexibility index (Phi) is 2.98. The molecular weight excluding hydrogens is 196 g/mol. The number of nitrogens with zero attached hydrogens (tertiary/aromatic N) is 2. The Morgan fingerprint density at radius 2 is 2.57 bits per heavy atom. The van der Waals surface area contributed by atoms with Crippen molar-refractivity contribution in [1.82, 2.24) is 15.6 Å². The van der Waals surface area contributed by atoms with Gasteiger partial charge in [-0.1, -0.05) is 0 Å². The SMILES string of the molecule is Cc1ncsc1CNC1=NCCCN1. The highest BCUT2D eigenvalue weighted by atomic mass is 32.1. The van der Waals surface area contributed by atoms with Gasteiger partial charge in [0.2, 0.25) is 0 Å². The van der Waals surface area contributed by atoms with Gasteiger partial charge in [-0.2, -0.15) is 0 Å². The Bertz CT molecular complexity index is 331. The molecule has 1 aliphatic rings. The number of guanidine groups is 1. The maximum absolute atomic E-state index is 4.34. The Hall–Kier alpha value is -1.10. The van der Waals surface area contributed by atoms with Crippen LogP contribution in [0.15, 0.2) is 10.5 Å². The van der Waals surface area contributed by atoms with Gasteiger partial charge in [0.15, 0.2) is 5.96 Å². The maximum atomic E-state index is 4.34. The predicted octanol–water partition coefficient (Wildman–Crippen LogP) is 0.890. The molecule has 0 saturated heterocycles. The highest BCUT2D eigenvalue weighted by Gasteiger charge is 2.05. The molecule has 1 aromatic heterocycles.